The van der Waals surface area contributed by atoms with Gasteiger partial charge in [0.25, 0.3) is 0 Å². The molecule has 1 fully saturated rings. The van der Waals surface area contributed by atoms with Crippen molar-refractivity contribution < 1.29 is 14.4 Å². The SMILES string of the molecule is Cc1noc(Cl)c1CC(=O)NCCCCN1CCCC1CO. The van der Waals surface area contributed by atoms with Crippen molar-refractivity contribution >= 4 is 17.5 Å². The molecule has 0 radical (unpaired) electrons. The van der Waals surface area contributed by atoms with Crippen LogP contribution in [-0.2, 0) is 11.2 Å². The molecule has 0 bridgehead atoms. The zero-order chi connectivity index (χ0) is 15.9. The summed E-state index contributed by atoms with van der Waals surface area (Å²) < 4.78 is 4.83. The highest BCUT2D eigenvalue weighted by Gasteiger charge is 2.22. The third kappa shape index (κ3) is 4.69. The number of rotatable bonds is 8. The number of nitrogens with zero attached hydrogens (tertiary/aromatic N) is 2. The molecule has 1 aliphatic rings. The fourth-order valence-electron chi connectivity index (χ4n) is 2.85. The summed E-state index contributed by atoms with van der Waals surface area (Å²) in [6, 6.07) is 0.327. The molecular formula is C15H24ClN3O3. The molecule has 2 N–H and O–H groups in total. The normalized spacial score (nSPS) is 18.8. The summed E-state index contributed by atoms with van der Waals surface area (Å²) in [7, 11) is 0. The minimum Gasteiger partial charge on any atom is -0.395 e. The molecule has 1 aromatic heterocycles. The van der Waals surface area contributed by atoms with E-state index in [-0.39, 0.29) is 24.2 Å². The lowest BCUT2D eigenvalue weighted by Crippen LogP contribution is -2.33. The zero-order valence-corrected chi connectivity index (χ0v) is 13.7. The molecule has 124 valence electrons. The van der Waals surface area contributed by atoms with Crippen LogP contribution in [0.5, 0.6) is 0 Å². The summed E-state index contributed by atoms with van der Waals surface area (Å²) in [6.45, 7) is 4.72. The molecule has 0 saturated carbocycles. The lowest BCUT2D eigenvalue weighted by Gasteiger charge is -2.22. The smallest absolute Gasteiger partial charge is 0.229 e. The number of aromatic nitrogens is 1. The van der Waals surface area contributed by atoms with Gasteiger partial charge in [0.05, 0.1) is 18.7 Å². The minimum atomic E-state index is -0.0670. The molecule has 1 amide bonds. The Kier molecular flexibility index (Phi) is 6.67. The summed E-state index contributed by atoms with van der Waals surface area (Å²) in [4.78, 5) is 14.2. The second-order valence-corrected chi connectivity index (χ2v) is 6.11. The molecule has 0 aromatic carbocycles. The summed E-state index contributed by atoms with van der Waals surface area (Å²) in [5, 5.41) is 16.1. The molecular weight excluding hydrogens is 306 g/mol. The van der Waals surface area contributed by atoms with Crippen LogP contribution >= 0.6 is 11.6 Å². The van der Waals surface area contributed by atoms with E-state index in [1.165, 1.54) is 6.42 Å². The van der Waals surface area contributed by atoms with Crippen molar-refractivity contribution in [3.8, 4) is 0 Å². The van der Waals surface area contributed by atoms with Gasteiger partial charge in [-0.3, -0.25) is 9.69 Å². The van der Waals surface area contributed by atoms with Crippen LogP contribution in [0.25, 0.3) is 0 Å². The van der Waals surface area contributed by atoms with E-state index in [1.807, 2.05) is 0 Å². The van der Waals surface area contributed by atoms with Gasteiger partial charge in [-0.25, -0.2) is 0 Å². The van der Waals surface area contributed by atoms with Crippen LogP contribution in [-0.4, -0.2) is 53.4 Å². The molecule has 2 rings (SSSR count). The fraction of sp³-hybridized carbons (Fsp3) is 0.733. The molecule has 22 heavy (non-hydrogen) atoms. The van der Waals surface area contributed by atoms with Crippen molar-refractivity contribution in [3.63, 3.8) is 0 Å². The molecule has 7 heteroatoms. The first-order chi connectivity index (χ1) is 10.6. The van der Waals surface area contributed by atoms with Crippen LogP contribution in [0.15, 0.2) is 4.52 Å². The number of carbonyl (C=O) groups is 1. The molecule has 0 spiro atoms. The average molecular weight is 330 g/mol. The largest absolute Gasteiger partial charge is 0.395 e. The van der Waals surface area contributed by atoms with E-state index < -0.39 is 0 Å². The number of hydrogen-bond acceptors (Lipinski definition) is 5. The van der Waals surface area contributed by atoms with Gasteiger partial charge in [-0.1, -0.05) is 5.16 Å². The van der Waals surface area contributed by atoms with Crippen LogP contribution in [0.3, 0.4) is 0 Å². The summed E-state index contributed by atoms with van der Waals surface area (Å²) in [6.07, 6.45) is 4.40. The number of amides is 1. The van der Waals surface area contributed by atoms with Crippen LogP contribution < -0.4 is 5.32 Å². The van der Waals surface area contributed by atoms with E-state index in [1.54, 1.807) is 6.92 Å². The Balaban J connectivity index is 1.59. The van der Waals surface area contributed by atoms with Crippen molar-refractivity contribution in [1.29, 1.82) is 0 Å². The number of aliphatic hydroxyl groups is 1. The lowest BCUT2D eigenvalue weighted by atomic mass is 10.2. The van der Waals surface area contributed by atoms with Gasteiger partial charge in [0.2, 0.25) is 11.1 Å². The second kappa shape index (κ2) is 8.50. The Hall–Kier alpha value is -1.11. The molecule has 0 aliphatic carbocycles. The van der Waals surface area contributed by atoms with Gasteiger partial charge in [0.15, 0.2) is 0 Å². The van der Waals surface area contributed by atoms with E-state index in [0.29, 0.717) is 23.8 Å². The molecule has 1 aromatic rings. The number of hydrogen-bond donors (Lipinski definition) is 2. The number of halogens is 1. The van der Waals surface area contributed by atoms with Crippen molar-refractivity contribution in [3.05, 3.63) is 16.5 Å². The topological polar surface area (TPSA) is 78.6 Å². The van der Waals surface area contributed by atoms with Gasteiger partial charge in [-0.15, -0.1) is 0 Å². The van der Waals surface area contributed by atoms with Gasteiger partial charge in [-0.05, 0) is 57.3 Å². The highest BCUT2D eigenvalue weighted by Crippen LogP contribution is 2.19. The van der Waals surface area contributed by atoms with Crippen LogP contribution in [0.1, 0.15) is 36.9 Å². The third-order valence-corrected chi connectivity index (χ3v) is 4.48. The van der Waals surface area contributed by atoms with Crippen molar-refractivity contribution in [2.24, 2.45) is 0 Å². The first-order valence-corrected chi connectivity index (χ1v) is 8.22. The van der Waals surface area contributed by atoms with E-state index in [0.717, 1.165) is 32.4 Å². The highest BCUT2D eigenvalue weighted by atomic mass is 35.5. The van der Waals surface area contributed by atoms with E-state index >= 15 is 0 Å². The minimum absolute atomic E-state index is 0.0670. The second-order valence-electron chi connectivity index (χ2n) is 5.77. The van der Waals surface area contributed by atoms with Gasteiger partial charge in [-0.2, -0.15) is 0 Å². The Morgan fingerprint density at radius 2 is 2.36 bits per heavy atom. The number of aliphatic hydroxyl groups excluding tert-OH is 1. The van der Waals surface area contributed by atoms with Crippen molar-refractivity contribution in [2.45, 2.75) is 45.1 Å². The quantitative estimate of drug-likeness (QED) is 0.707. The van der Waals surface area contributed by atoms with Gasteiger partial charge >= 0.3 is 0 Å². The number of aryl methyl sites for hydroxylation is 1. The maximum atomic E-state index is 11.8. The Morgan fingerprint density at radius 1 is 1.55 bits per heavy atom. The summed E-state index contributed by atoms with van der Waals surface area (Å²) >= 11 is 5.84. The predicted molar refractivity (Wildman–Crippen MR) is 83.9 cm³/mol. The van der Waals surface area contributed by atoms with E-state index in [9.17, 15) is 9.90 Å². The van der Waals surface area contributed by atoms with Gasteiger partial charge in [0.1, 0.15) is 0 Å². The predicted octanol–water partition coefficient (Wildman–Crippen LogP) is 1.53. The molecule has 1 unspecified atom stereocenters. The number of nitrogens with one attached hydrogen (secondary N) is 1. The van der Waals surface area contributed by atoms with Gasteiger partial charge < -0.3 is 14.9 Å². The number of unbranched alkanes of at least 4 members (excludes halogenated alkanes) is 1. The average Bonchev–Trinajstić information content (AvgIpc) is 3.08. The lowest BCUT2D eigenvalue weighted by molar-refractivity contribution is -0.120. The van der Waals surface area contributed by atoms with E-state index in [4.69, 9.17) is 16.1 Å². The van der Waals surface area contributed by atoms with Gasteiger partial charge in [0, 0.05) is 18.2 Å². The van der Waals surface area contributed by atoms with Crippen molar-refractivity contribution in [2.75, 3.05) is 26.2 Å². The molecule has 1 atom stereocenters. The summed E-state index contributed by atoms with van der Waals surface area (Å²) in [5.41, 5.74) is 1.31. The Morgan fingerprint density at radius 3 is 3.05 bits per heavy atom. The standard InChI is InChI=1S/C15H24ClN3O3/c1-11-13(15(16)22-18-11)9-14(21)17-6-2-3-7-19-8-4-5-12(19)10-20/h12,20H,2-10H2,1H3,(H,17,21). The fourth-order valence-corrected chi connectivity index (χ4v) is 3.08. The zero-order valence-electron chi connectivity index (χ0n) is 13.0. The monoisotopic (exact) mass is 329 g/mol. The molecule has 1 aliphatic heterocycles. The maximum Gasteiger partial charge on any atom is 0.229 e. The van der Waals surface area contributed by atoms with E-state index in [2.05, 4.69) is 15.4 Å². The molecule has 6 nitrogen and oxygen atoms in total. The first kappa shape index (κ1) is 17.2. The van der Waals surface area contributed by atoms with Crippen LogP contribution in [0.2, 0.25) is 5.22 Å². The van der Waals surface area contributed by atoms with Crippen LogP contribution in [0, 0.1) is 6.92 Å². The first-order valence-electron chi connectivity index (χ1n) is 7.84. The van der Waals surface area contributed by atoms with Crippen molar-refractivity contribution in [1.82, 2.24) is 15.4 Å². The number of carbonyl (C=O) groups excluding carboxylic acids is 1. The molecule has 2 heterocycles. The van der Waals surface area contributed by atoms with Crippen LogP contribution in [0.4, 0.5) is 0 Å². The molecule has 1 saturated heterocycles. The third-order valence-electron chi connectivity index (χ3n) is 4.18. The number of likely N-dealkylation sites (tertiary alicyclic amines) is 1. The maximum absolute atomic E-state index is 11.8. The Bertz CT molecular complexity index is 473. The summed E-state index contributed by atoms with van der Waals surface area (Å²) in [5.74, 6) is -0.0670. The highest BCUT2D eigenvalue weighted by molar-refractivity contribution is 6.29. The Labute approximate surface area is 135 Å².